The lowest BCUT2D eigenvalue weighted by Gasteiger charge is -2.31. The molecule has 1 nitrogen and oxygen atoms in total. The quantitative estimate of drug-likeness (QED) is 0.728. The summed E-state index contributed by atoms with van der Waals surface area (Å²) < 4.78 is 0. The molecule has 2 aliphatic carbocycles. The number of nitrogens with one attached hydrogen (secondary N) is 1. The molecule has 1 unspecified atom stereocenters. The van der Waals surface area contributed by atoms with Gasteiger partial charge in [0.05, 0.1) is 0 Å². The van der Waals surface area contributed by atoms with E-state index in [9.17, 15) is 0 Å². The van der Waals surface area contributed by atoms with Crippen molar-refractivity contribution in [2.24, 2.45) is 5.41 Å². The maximum Gasteiger partial charge on any atom is 0.170 e. The molecule has 2 aliphatic rings. The molecule has 25 heavy (non-hydrogen) atoms. The van der Waals surface area contributed by atoms with E-state index in [0.29, 0.717) is 5.41 Å². The first-order valence-electron chi connectivity index (χ1n) is 10.1. The predicted octanol–water partition coefficient (Wildman–Crippen LogP) is 5.08. The summed E-state index contributed by atoms with van der Waals surface area (Å²) in [5, 5.41) is 3.35. The molecule has 2 heteroatoms. The normalized spacial score (nSPS) is 20.3. The Morgan fingerprint density at radius 3 is 2.48 bits per heavy atom. The van der Waals surface area contributed by atoms with Crippen molar-refractivity contribution < 1.29 is 0 Å². The first-order valence-corrected chi connectivity index (χ1v) is 11.9. The summed E-state index contributed by atoms with van der Waals surface area (Å²) >= 11 is 0. The molecule has 1 N–H and O–H groups in total. The van der Waals surface area contributed by atoms with E-state index in [0.717, 1.165) is 12.5 Å². The van der Waals surface area contributed by atoms with Crippen molar-refractivity contribution in [3.63, 3.8) is 0 Å². The van der Waals surface area contributed by atoms with Crippen molar-refractivity contribution >= 4 is 14.1 Å². The lowest BCUT2D eigenvalue weighted by molar-refractivity contribution is 0.412. The molecule has 1 aromatic rings. The molecule has 0 amide bonds. The van der Waals surface area contributed by atoms with Gasteiger partial charge in [-0.1, -0.05) is 92.8 Å². The van der Waals surface area contributed by atoms with Crippen molar-refractivity contribution in [3.8, 4) is 0 Å². The van der Waals surface area contributed by atoms with Gasteiger partial charge in [-0.2, -0.15) is 0 Å². The Kier molecular flexibility index (Phi) is 6.01. The largest absolute Gasteiger partial charge is 0.330 e. The zero-order valence-electron chi connectivity index (χ0n) is 16.6. The Morgan fingerprint density at radius 2 is 1.80 bits per heavy atom. The van der Waals surface area contributed by atoms with E-state index in [1.807, 2.05) is 0 Å². The molecule has 1 fully saturated rings. The summed E-state index contributed by atoms with van der Waals surface area (Å²) in [6, 6.07) is 9.83. The van der Waals surface area contributed by atoms with Crippen LogP contribution < -0.4 is 10.2 Å². The lowest BCUT2D eigenvalue weighted by atomic mass is 9.88. The van der Waals surface area contributed by atoms with Crippen molar-refractivity contribution in [1.82, 2.24) is 4.98 Å². The lowest BCUT2D eigenvalue weighted by Crippen LogP contribution is -2.53. The van der Waals surface area contributed by atoms with Gasteiger partial charge >= 0.3 is 0 Å². The van der Waals surface area contributed by atoms with Gasteiger partial charge in [0, 0.05) is 6.04 Å². The molecule has 0 aromatic heterocycles. The number of hydrogen-bond acceptors (Lipinski definition) is 1. The van der Waals surface area contributed by atoms with Crippen LogP contribution in [-0.2, 0) is 0 Å². The topological polar surface area (TPSA) is 12.0 Å². The Hall–Kier alpha value is -1.12. The van der Waals surface area contributed by atoms with Crippen molar-refractivity contribution in [3.05, 3.63) is 52.8 Å². The van der Waals surface area contributed by atoms with Crippen LogP contribution in [0.2, 0.25) is 0 Å². The molecular formula is C23H35NSi. The number of allylic oxidation sites excluding steroid dienone is 4. The molecule has 1 saturated carbocycles. The highest BCUT2D eigenvalue weighted by Gasteiger charge is 2.28. The highest BCUT2D eigenvalue weighted by molar-refractivity contribution is 6.78. The van der Waals surface area contributed by atoms with Gasteiger partial charge in [0.25, 0.3) is 0 Å². The van der Waals surface area contributed by atoms with Gasteiger partial charge in [-0.25, -0.2) is 0 Å². The second-order valence-corrected chi connectivity index (χ2v) is 11.7. The fraction of sp³-hybridized carbons (Fsp3) is 0.565. The maximum atomic E-state index is 4.21. The van der Waals surface area contributed by atoms with Crippen LogP contribution in [0.15, 0.2) is 47.2 Å². The minimum Gasteiger partial charge on any atom is -0.330 e. The van der Waals surface area contributed by atoms with Crippen molar-refractivity contribution in [2.75, 3.05) is 0 Å². The molecule has 1 aromatic carbocycles. The number of benzene rings is 1. The van der Waals surface area contributed by atoms with E-state index in [2.05, 4.69) is 69.1 Å². The predicted molar refractivity (Wildman–Crippen MR) is 113 cm³/mol. The fourth-order valence-corrected chi connectivity index (χ4v) is 7.76. The van der Waals surface area contributed by atoms with Gasteiger partial charge in [0.15, 0.2) is 8.96 Å². The van der Waals surface area contributed by atoms with Crippen LogP contribution in [0.5, 0.6) is 0 Å². The second-order valence-electron chi connectivity index (χ2n) is 9.19. The summed E-state index contributed by atoms with van der Waals surface area (Å²) in [5.74, 6) is 0. The van der Waals surface area contributed by atoms with Crippen molar-refractivity contribution in [1.29, 1.82) is 0 Å². The highest BCUT2D eigenvalue weighted by atomic mass is 28.3. The van der Waals surface area contributed by atoms with E-state index in [1.54, 1.807) is 16.0 Å². The summed E-state index contributed by atoms with van der Waals surface area (Å²) in [4.78, 5) is 4.21. The standard InChI is InChI=1S/C23H35NSi/c1-18-11-8-9-15-21(18)25(24-20-13-6-5-7-14-20)22-16-10-12-19(22)17-23(2,3)4/h8-12,15,20,24-25H,5-7,13-14,16-17H2,1-4H3. The van der Waals surface area contributed by atoms with Gasteiger partial charge in [0.2, 0.25) is 0 Å². The van der Waals surface area contributed by atoms with Crippen LogP contribution in [0.4, 0.5) is 0 Å². The molecule has 0 saturated heterocycles. The molecular weight excluding hydrogens is 318 g/mol. The van der Waals surface area contributed by atoms with E-state index >= 15 is 0 Å². The Bertz CT molecular complexity index is 644. The van der Waals surface area contributed by atoms with Crippen LogP contribution in [0.3, 0.4) is 0 Å². The third-order valence-corrected chi connectivity index (χ3v) is 9.02. The minimum atomic E-state index is -1.34. The molecule has 0 spiro atoms. The highest BCUT2D eigenvalue weighted by Crippen LogP contribution is 2.32. The summed E-state index contributed by atoms with van der Waals surface area (Å²) in [6.45, 7) is 9.39. The average molecular weight is 354 g/mol. The Morgan fingerprint density at radius 1 is 1.08 bits per heavy atom. The molecule has 0 radical (unpaired) electrons. The van der Waals surface area contributed by atoms with Crippen LogP contribution in [0, 0.1) is 12.3 Å². The third kappa shape index (κ3) is 4.95. The molecule has 0 heterocycles. The van der Waals surface area contributed by atoms with Crippen LogP contribution in [-0.4, -0.2) is 15.0 Å². The minimum absolute atomic E-state index is 0.352. The monoisotopic (exact) mass is 353 g/mol. The SMILES string of the molecule is Cc1ccccc1[SiH](NC1CCCCC1)C1=C(CC(C)(C)C)C=CC1. The van der Waals surface area contributed by atoms with Gasteiger partial charge in [-0.3, -0.25) is 0 Å². The van der Waals surface area contributed by atoms with E-state index in [1.165, 1.54) is 44.1 Å². The van der Waals surface area contributed by atoms with Crippen molar-refractivity contribution in [2.45, 2.75) is 78.7 Å². The molecule has 0 aliphatic heterocycles. The third-order valence-electron chi connectivity index (χ3n) is 5.65. The summed E-state index contributed by atoms with van der Waals surface area (Å²) in [7, 11) is -1.34. The summed E-state index contributed by atoms with van der Waals surface area (Å²) in [6.07, 6.45) is 14.1. The zero-order chi connectivity index (χ0) is 17.9. The van der Waals surface area contributed by atoms with Crippen LogP contribution in [0.25, 0.3) is 0 Å². The maximum absolute atomic E-state index is 4.21. The van der Waals surface area contributed by atoms with Gasteiger partial charge in [-0.15, -0.1) is 0 Å². The second kappa shape index (κ2) is 8.05. The smallest absolute Gasteiger partial charge is 0.170 e. The van der Waals surface area contributed by atoms with Crippen LogP contribution in [0.1, 0.15) is 71.3 Å². The summed E-state index contributed by atoms with van der Waals surface area (Å²) in [5.41, 5.74) is 3.44. The first kappa shape index (κ1) is 18.7. The zero-order valence-corrected chi connectivity index (χ0v) is 17.7. The number of rotatable bonds is 5. The van der Waals surface area contributed by atoms with Gasteiger partial charge in [-0.05, 0) is 43.2 Å². The van der Waals surface area contributed by atoms with E-state index in [-0.39, 0.29) is 0 Å². The molecule has 1 atom stereocenters. The Balaban J connectivity index is 1.93. The van der Waals surface area contributed by atoms with E-state index < -0.39 is 8.96 Å². The van der Waals surface area contributed by atoms with Crippen LogP contribution >= 0.6 is 0 Å². The number of hydrogen-bond donors (Lipinski definition) is 1. The van der Waals surface area contributed by atoms with E-state index in [4.69, 9.17) is 0 Å². The molecule has 136 valence electrons. The Labute approximate surface area is 156 Å². The number of aryl methyl sites for hydroxylation is 1. The fourth-order valence-electron chi connectivity index (χ4n) is 4.41. The molecule has 3 rings (SSSR count). The van der Waals surface area contributed by atoms with Gasteiger partial charge in [0.1, 0.15) is 0 Å². The molecule has 0 bridgehead atoms. The van der Waals surface area contributed by atoms with Gasteiger partial charge < -0.3 is 4.98 Å². The average Bonchev–Trinajstić information content (AvgIpc) is 3.00. The first-order chi connectivity index (χ1) is 11.9.